The van der Waals surface area contributed by atoms with Gasteiger partial charge >= 0.3 is 0 Å². The summed E-state index contributed by atoms with van der Waals surface area (Å²) in [6.07, 6.45) is 4.06. The predicted octanol–water partition coefficient (Wildman–Crippen LogP) is 8.68. The zero-order valence-electron chi connectivity index (χ0n) is 25.8. The number of benzene rings is 5. The van der Waals surface area contributed by atoms with Crippen LogP contribution >= 0.6 is 0 Å². The van der Waals surface area contributed by atoms with Gasteiger partial charge in [-0.2, -0.15) is 0 Å². The highest BCUT2D eigenvalue weighted by Gasteiger charge is 2.33. The second-order valence-electron chi connectivity index (χ2n) is 12.1. The van der Waals surface area contributed by atoms with Crippen LogP contribution in [-0.2, 0) is 17.9 Å². The molecule has 0 heterocycles. The van der Waals surface area contributed by atoms with Gasteiger partial charge in [0.05, 0.1) is 12.6 Å². The van der Waals surface area contributed by atoms with Crippen molar-refractivity contribution < 1.29 is 9.90 Å². The van der Waals surface area contributed by atoms with Crippen LogP contribution in [0.15, 0.2) is 140 Å². The second kappa shape index (κ2) is 14.9. The van der Waals surface area contributed by atoms with Crippen molar-refractivity contribution in [3.8, 4) is 11.1 Å². The van der Waals surface area contributed by atoms with Gasteiger partial charge in [0.25, 0.3) is 0 Å². The van der Waals surface area contributed by atoms with Gasteiger partial charge in [-0.3, -0.25) is 4.79 Å². The maximum Gasteiger partial charge on any atom is 0.224 e. The van der Waals surface area contributed by atoms with Crippen molar-refractivity contribution in [2.45, 2.75) is 50.7 Å². The van der Waals surface area contributed by atoms with Gasteiger partial charge < -0.3 is 15.3 Å². The Labute approximate surface area is 267 Å². The topological polar surface area (TPSA) is 52.6 Å². The molecule has 0 radical (unpaired) electrons. The SMILES string of the molecule is O=C(N[C@@H](CO)c1ccccc1)[C@H]1CCCC[C@@H]1c1ccc(CN(Cc2ccc(-c3ccccc3)cc2)c2ccccc2)cc1. The number of nitrogens with zero attached hydrogens (tertiary/aromatic N) is 1. The van der Waals surface area contributed by atoms with Crippen LogP contribution in [0.1, 0.15) is 59.9 Å². The van der Waals surface area contributed by atoms with Gasteiger partial charge in [0.15, 0.2) is 0 Å². The van der Waals surface area contributed by atoms with E-state index in [2.05, 4.69) is 113 Å². The lowest BCUT2D eigenvalue weighted by Crippen LogP contribution is -2.39. The molecular weight excluding hydrogens is 552 g/mol. The normalized spacial score (nSPS) is 16.9. The number of hydrogen-bond acceptors (Lipinski definition) is 3. The number of anilines is 1. The van der Waals surface area contributed by atoms with Crippen molar-refractivity contribution in [3.05, 3.63) is 162 Å². The quantitative estimate of drug-likeness (QED) is 0.161. The fourth-order valence-corrected chi connectivity index (χ4v) is 6.66. The molecule has 1 saturated carbocycles. The summed E-state index contributed by atoms with van der Waals surface area (Å²) < 4.78 is 0. The van der Waals surface area contributed by atoms with E-state index in [1.54, 1.807) is 0 Å². The van der Waals surface area contributed by atoms with Crippen molar-refractivity contribution >= 4 is 11.6 Å². The van der Waals surface area contributed by atoms with Gasteiger partial charge in [-0.05, 0) is 64.3 Å². The molecule has 0 aromatic heterocycles. The lowest BCUT2D eigenvalue weighted by molar-refractivity contribution is -0.127. The highest BCUT2D eigenvalue weighted by atomic mass is 16.3. The molecule has 5 aromatic carbocycles. The molecule has 0 aliphatic heterocycles. The van der Waals surface area contributed by atoms with Crippen LogP contribution < -0.4 is 10.2 Å². The van der Waals surface area contributed by atoms with Crippen LogP contribution in [0, 0.1) is 5.92 Å². The van der Waals surface area contributed by atoms with Crippen LogP contribution in [0.2, 0.25) is 0 Å². The minimum Gasteiger partial charge on any atom is -0.394 e. The van der Waals surface area contributed by atoms with Crippen molar-refractivity contribution in [1.29, 1.82) is 0 Å². The number of aliphatic hydroxyl groups is 1. The number of carbonyl (C=O) groups excluding carboxylic acids is 1. The van der Waals surface area contributed by atoms with Crippen LogP contribution in [0.3, 0.4) is 0 Å². The molecule has 0 unspecified atom stereocenters. The molecule has 0 bridgehead atoms. The number of carbonyl (C=O) groups is 1. The van der Waals surface area contributed by atoms with Gasteiger partial charge in [-0.15, -0.1) is 0 Å². The third kappa shape index (κ3) is 7.71. The Morgan fingerprint density at radius 2 is 1.20 bits per heavy atom. The molecule has 228 valence electrons. The molecule has 4 heteroatoms. The van der Waals surface area contributed by atoms with Crippen molar-refractivity contribution in [2.24, 2.45) is 5.92 Å². The van der Waals surface area contributed by atoms with E-state index < -0.39 is 0 Å². The number of nitrogens with one attached hydrogen (secondary N) is 1. The fraction of sp³-hybridized carbons (Fsp3) is 0.244. The minimum atomic E-state index is -0.387. The van der Waals surface area contributed by atoms with Gasteiger partial charge in [-0.1, -0.05) is 140 Å². The summed E-state index contributed by atoms with van der Waals surface area (Å²) in [6, 6.07) is 48.2. The molecule has 1 aliphatic carbocycles. The van der Waals surface area contributed by atoms with Crippen LogP contribution in [0.25, 0.3) is 11.1 Å². The van der Waals surface area contributed by atoms with E-state index in [-0.39, 0.29) is 30.4 Å². The van der Waals surface area contributed by atoms with E-state index in [1.807, 2.05) is 36.4 Å². The zero-order chi connectivity index (χ0) is 30.8. The molecule has 4 nitrogen and oxygen atoms in total. The smallest absolute Gasteiger partial charge is 0.224 e. The Kier molecular flexibility index (Phi) is 10.0. The molecule has 1 amide bonds. The van der Waals surface area contributed by atoms with Crippen LogP contribution in [-0.4, -0.2) is 17.6 Å². The number of hydrogen-bond donors (Lipinski definition) is 2. The minimum absolute atomic E-state index is 0.0419. The molecule has 1 fully saturated rings. The first-order valence-corrected chi connectivity index (χ1v) is 16.2. The molecule has 0 spiro atoms. The van der Waals surface area contributed by atoms with Crippen LogP contribution in [0.5, 0.6) is 0 Å². The summed E-state index contributed by atoms with van der Waals surface area (Å²) >= 11 is 0. The van der Waals surface area contributed by atoms with E-state index in [9.17, 15) is 9.90 Å². The lowest BCUT2D eigenvalue weighted by atomic mass is 9.74. The van der Waals surface area contributed by atoms with Gasteiger partial charge in [0.2, 0.25) is 5.91 Å². The summed E-state index contributed by atoms with van der Waals surface area (Å²) in [7, 11) is 0. The predicted molar refractivity (Wildman–Crippen MR) is 184 cm³/mol. The Morgan fingerprint density at radius 1 is 0.667 bits per heavy atom. The first-order valence-electron chi connectivity index (χ1n) is 16.2. The average molecular weight is 595 g/mol. The molecule has 2 N–H and O–H groups in total. The molecule has 45 heavy (non-hydrogen) atoms. The Hall–Kier alpha value is -4.67. The largest absolute Gasteiger partial charge is 0.394 e. The zero-order valence-corrected chi connectivity index (χ0v) is 25.8. The highest BCUT2D eigenvalue weighted by Crippen LogP contribution is 2.38. The summed E-state index contributed by atoms with van der Waals surface area (Å²) in [5.74, 6) is 0.124. The Bertz CT molecular complexity index is 1620. The molecule has 5 aromatic rings. The summed E-state index contributed by atoms with van der Waals surface area (Å²) in [5, 5.41) is 13.2. The number of para-hydroxylation sites is 1. The third-order valence-corrected chi connectivity index (χ3v) is 9.14. The number of amides is 1. The first kappa shape index (κ1) is 30.4. The van der Waals surface area contributed by atoms with E-state index in [0.717, 1.165) is 44.3 Å². The van der Waals surface area contributed by atoms with Crippen molar-refractivity contribution in [2.75, 3.05) is 11.5 Å². The number of rotatable bonds is 11. The lowest BCUT2D eigenvalue weighted by Gasteiger charge is -2.32. The molecule has 1 aliphatic rings. The Morgan fingerprint density at radius 3 is 1.82 bits per heavy atom. The van der Waals surface area contributed by atoms with E-state index in [1.165, 1.54) is 33.5 Å². The van der Waals surface area contributed by atoms with Crippen molar-refractivity contribution in [3.63, 3.8) is 0 Å². The molecular formula is C41H42N2O2. The van der Waals surface area contributed by atoms with Crippen LogP contribution in [0.4, 0.5) is 5.69 Å². The van der Waals surface area contributed by atoms with E-state index in [0.29, 0.717) is 0 Å². The summed E-state index contributed by atoms with van der Waals surface area (Å²) in [6.45, 7) is 1.48. The maximum atomic E-state index is 13.5. The fourth-order valence-electron chi connectivity index (χ4n) is 6.66. The van der Waals surface area contributed by atoms with Gasteiger partial charge in [0, 0.05) is 24.7 Å². The molecule has 3 atom stereocenters. The first-order chi connectivity index (χ1) is 22.2. The summed E-state index contributed by atoms with van der Waals surface area (Å²) in [4.78, 5) is 16.0. The number of aliphatic hydroxyl groups excluding tert-OH is 1. The van der Waals surface area contributed by atoms with Gasteiger partial charge in [-0.25, -0.2) is 0 Å². The molecule has 0 saturated heterocycles. The maximum absolute atomic E-state index is 13.5. The van der Waals surface area contributed by atoms with E-state index >= 15 is 0 Å². The second-order valence-corrected chi connectivity index (χ2v) is 12.1. The third-order valence-electron chi connectivity index (χ3n) is 9.14. The Balaban J connectivity index is 1.16. The molecule has 6 rings (SSSR count). The average Bonchev–Trinajstić information content (AvgIpc) is 3.12. The van der Waals surface area contributed by atoms with Gasteiger partial charge in [0.1, 0.15) is 0 Å². The monoisotopic (exact) mass is 594 g/mol. The highest BCUT2D eigenvalue weighted by molar-refractivity contribution is 5.80. The standard InChI is InChI=1S/C41H42N2O2/c44-30-40(36-14-6-2-7-15-36)42-41(45)39-19-11-10-18-38(39)35-26-22-32(23-27-35)29-43(37-16-8-3-9-17-37)28-31-20-24-34(25-21-31)33-12-4-1-5-13-33/h1-9,12-17,20-27,38-40,44H,10-11,18-19,28-30H2,(H,42,45)/t38-,39+,40+/m1/s1. The van der Waals surface area contributed by atoms with Crippen molar-refractivity contribution in [1.82, 2.24) is 5.32 Å². The summed E-state index contributed by atoms with van der Waals surface area (Å²) in [5.41, 5.74) is 8.30. The van der Waals surface area contributed by atoms with E-state index in [4.69, 9.17) is 0 Å².